The van der Waals surface area contributed by atoms with E-state index in [1.807, 2.05) is 6.07 Å². The maximum Gasteiger partial charge on any atom is 0.139 e. The van der Waals surface area contributed by atoms with Crippen molar-refractivity contribution in [1.82, 2.24) is 10.3 Å². The minimum absolute atomic E-state index is 0.352. The first-order valence-electron chi connectivity index (χ1n) is 5.30. The largest absolute Gasteiger partial charge is 0.506 e. The van der Waals surface area contributed by atoms with E-state index in [1.54, 1.807) is 6.07 Å². The second-order valence-corrected chi connectivity index (χ2v) is 4.16. The molecule has 1 aliphatic rings. The molecule has 0 spiro atoms. The third-order valence-electron chi connectivity index (χ3n) is 3.19. The van der Waals surface area contributed by atoms with Crippen molar-refractivity contribution in [3.63, 3.8) is 0 Å². The second kappa shape index (κ2) is 3.00. The van der Waals surface area contributed by atoms with E-state index in [-0.39, 0.29) is 0 Å². The molecular weight excluding hydrogens is 188 g/mol. The first-order chi connectivity index (χ1) is 7.27. The van der Waals surface area contributed by atoms with Crippen LogP contribution < -0.4 is 5.32 Å². The van der Waals surface area contributed by atoms with E-state index in [0.29, 0.717) is 5.75 Å². The van der Waals surface area contributed by atoms with Crippen molar-refractivity contribution in [2.45, 2.75) is 19.9 Å². The van der Waals surface area contributed by atoms with Gasteiger partial charge in [-0.3, -0.25) is 0 Å². The predicted molar refractivity (Wildman–Crippen MR) is 60.1 cm³/mol. The van der Waals surface area contributed by atoms with Gasteiger partial charge in [-0.15, -0.1) is 0 Å². The fourth-order valence-corrected chi connectivity index (χ4v) is 2.42. The van der Waals surface area contributed by atoms with Gasteiger partial charge in [0.05, 0.1) is 5.52 Å². The molecule has 0 aliphatic carbocycles. The number of aromatic amines is 1. The van der Waals surface area contributed by atoms with Gasteiger partial charge in [0.25, 0.3) is 0 Å². The zero-order valence-electron chi connectivity index (χ0n) is 8.72. The quantitative estimate of drug-likeness (QED) is 0.610. The lowest BCUT2D eigenvalue weighted by molar-refractivity contribution is 0.480. The monoisotopic (exact) mass is 202 g/mol. The number of aromatic hydroxyl groups is 1. The van der Waals surface area contributed by atoms with Gasteiger partial charge in [0.15, 0.2) is 0 Å². The van der Waals surface area contributed by atoms with Crippen LogP contribution in [0.5, 0.6) is 5.75 Å². The molecule has 15 heavy (non-hydrogen) atoms. The van der Waals surface area contributed by atoms with Gasteiger partial charge in [0.2, 0.25) is 0 Å². The van der Waals surface area contributed by atoms with E-state index in [0.717, 1.165) is 25.0 Å². The van der Waals surface area contributed by atoms with Crippen molar-refractivity contribution >= 4 is 10.9 Å². The van der Waals surface area contributed by atoms with Crippen molar-refractivity contribution in [1.29, 1.82) is 0 Å². The molecule has 0 radical (unpaired) electrons. The van der Waals surface area contributed by atoms with E-state index in [4.69, 9.17) is 0 Å². The Kier molecular flexibility index (Phi) is 1.76. The Morgan fingerprint density at radius 1 is 1.33 bits per heavy atom. The second-order valence-electron chi connectivity index (χ2n) is 4.16. The zero-order valence-corrected chi connectivity index (χ0v) is 8.72. The number of aromatic nitrogens is 1. The van der Waals surface area contributed by atoms with Gasteiger partial charge in [-0.1, -0.05) is 6.07 Å². The van der Waals surface area contributed by atoms with Crippen LogP contribution in [0.25, 0.3) is 10.9 Å². The van der Waals surface area contributed by atoms with E-state index in [1.165, 1.54) is 22.2 Å². The molecule has 3 nitrogen and oxygen atoms in total. The summed E-state index contributed by atoms with van der Waals surface area (Å²) < 4.78 is 0. The molecule has 3 heteroatoms. The highest BCUT2D eigenvalue weighted by Crippen LogP contribution is 2.32. The Labute approximate surface area is 88.1 Å². The number of benzene rings is 1. The van der Waals surface area contributed by atoms with Crippen LogP contribution in [0, 0.1) is 6.92 Å². The summed E-state index contributed by atoms with van der Waals surface area (Å²) in [5, 5.41) is 14.3. The summed E-state index contributed by atoms with van der Waals surface area (Å²) in [6, 6.07) is 3.73. The van der Waals surface area contributed by atoms with Crippen molar-refractivity contribution in [2.24, 2.45) is 0 Å². The Balaban J connectivity index is 2.41. The maximum absolute atomic E-state index is 9.79. The Morgan fingerprint density at radius 3 is 3.07 bits per heavy atom. The van der Waals surface area contributed by atoms with E-state index in [9.17, 15) is 5.11 Å². The third kappa shape index (κ3) is 1.16. The van der Waals surface area contributed by atoms with E-state index in [2.05, 4.69) is 17.2 Å². The molecule has 0 unspecified atom stereocenters. The Morgan fingerprint density at radius 2 is 2.20 bits per heavy atom. The molecule has 2 aromatic rings. The van der Waals surface area contributed by atoms with Crippen LogP contribution in [0.1, 0.15) is 16.8 Å². The van der Waals surface area contributed by atoms with Crippen molar-refractivity contribution < 1.29 is 5.11 Å². The number of H-pyrrole nitrogens is 1. The highest BCUT2D eigenvalue weighted by molar-refractivity contribution is 5.92. The first kappa shape index (κ1) is 8.80. The van der Waals surface area contributed by atoms with Gasteiger partial charge < -0.3 is 15.4 Å². The molecule has 0 saturated heterocycles. The van der Waals surface area contributed by atoms with Crippen LogP contribution in [0.4, 0.5) is 0 Å². The average molecular weight is 202 g/mol. The SMILES string of the molecule is Cc1ccc(O)c2[nH]c3c(c12)CNCC3. The maximum atomic E-state index is 9.79. The van der Waals surface area contributed by atoms with Crippen molar-refractivity contribution in [3.05, 3.63) is 29.0 Å². The molecule has 0 saturated carbocycles. The summed E-state index contributed by atoms with van der Waals surface area (Å²) in [7, 11) is 0. The van der Waals surface area contributed by atoms with Crippen molar-refractivity contribution in [3.8, 4) is 5.75 Å². The Hall–Kier alpha value is -1.48. The van der Waals surface area contributed by atoms with Crippen LogP contribution in [0.3, 0.4) is 0 Å². The molecule has 1 aromatic carbocycles. The molecule has 2 heterocycles. The van der Waals surface area contributed by atoms with Crippen molar-refractivity contribution in [2.75, 3.05) is 6.54 Å². The number of rotatable bonds is 0. The summed E-state index contributed by atoms with van der Waals surface area (Å²) in [5.41, 5.74) is 4.71. The van der Waals surface area contributed by atoms with Crippen LogP contribution in [0.15, 0.2) is 12.1 Å². The zero-order chi connectivity index (χ0) is 10.4. The minimum atomic E-state index is 0.352. The molecule has 3 N–H and O–H groups in total. The van der Waals surface area contributed by atoms with E-state index < -0.39 is 0 Å². The standard InChI is InChI=1S/C12H14N2O/c1-7-2-3-10(15)12-11(7)8-6-13-5-4-9(8)14-12/h2-3,13-15H,4-6H2,1H3. The average Bonchev–Trinajstić information content (AvgIpc) is 2.64. The van der Waals surface area contributed by atoms with Crippen LogP contribution in [0.2, 0.25) is 0 Å². The lowest BCUT2D eigenvalue weighted by Crippen LogP contribution is -2.22. The summed E-state index contributed by atoms with van der Waals surface area (Å²) in [6.07, 6.45) is 1.02. The van der Waals surface area contributed by atoms with Gasteiger partial charge in [0.1, 0.15) is 5.75 Å². The fraction of sp³-hybridized carbons (Fsp3) is 0.333. The lowest BCUT2D eigenvalue weighted by atomic mass is 10.0. The molecule has 1 aromatic heterocycles. The normalized spacial score (nSPS) is 15.5. The lowest BCUT2D eigenvalue weighted by Gasteiger charge is -2.13. The number of nitrogens with one attached hydrogen (secondary N) is 2. The number of phenols is 1. The van der Waals surface area contributed by atoms with Crippen LogP contribution >= 0.6 is 0 Å². The summed E-state index contributed by atoms with van der Waals surface area (Å²) in [6.45, 7) is 4.00. The topological polar surface area (TPSA) is 48.0 Å². The van der Waals surface area contributed by atoms with Gasteiger partial charge in [-0.2, -0.15) is 0 Å². The highest BCUT2D eigenvalue weighted by atomic mass is 16.3. The molecular formula is C12H14N2O. The molecule has 0 amide bonds. The Bertz CT molecular complexity index is 528. The van der Waals surface area contributed by atoms with Gasteiger partial charge in [0, 0.05) is 30.6 Å². The van der Waals surface area contributed by atoms with Gasteiger partial charge >= 0.3 is 0 Å². The first-order valence-corrected chi connectivity index (χ1v) is 5.30. The fourth-order valence-electron chi connectivity index (χ4n) is 2.42. The predicted octanol–water partition coefficient (Wildman–Crippen LogP) is 1.83. The number of fused-ring (bicyclic) bond motifs is 3. The van der Waals surface area contributed by atoms with E-state index >= 15 is 0 Å². The number of hydrogen-bond acceptors (Lipinski definition) is 2. The van der Waals surface area contributed by atoms with Gasteiger partial charge in [-0.05, 0) is 24.1 Å². The summed E-state index contributed by atoms with van der Waals surface area (Å²) >= 11 is 0. The third-order valence-corrected chi connectivity index (χ3v) is 3.19. The van der Waals surface area contributed by atoms with Crippen LogP contribution in [-0.2, 0) is 13.0 Å². The number of hydrogen-bond donors (Lipinski definition) is 3. The molecule has 78 valence electrons. The molecule has 0 atom stereocenters. The number of aryl methyl sites for hydroxylation is 1. The smallest absolute Gasteiger partial charge is 0.139 e. The van der Waals surface area contributed by atoms with Gasteiger partial charge in [-0.25, -0.2) is 0 Å². The minimum Gasteiger partial charge on any atom is -0.506 e. The highest BCUT2D eigenvalue weighted by Gasteiger charge is 2.17. The van der Waals surface area contributed by atoms with Crippen LogP contribution in [-0.4, -0.2) is 16.6 Å². The summed E-state index contributed by atoms with van der Waals surface area (Å²) in [4.78, 5) is 3.34. The molecule has 3 rings (SSSR count). The number of phenolic OH excluding ortho intramolecular Hbond substituents is 1. The molecule has 1 aliphatic heterocycles. The molecule has 0 bridgehead atoms. The molecule has 0 fully saturated rings. The summed E-state index contributed by atoms with van der Waals surface area (Å²) in [5.74, 6) is 0.352.